The summed E-state index contributed by atoms with van der Waals surface area (Å²) in [6.07, 6.45) is 1.78. The van der Waals surface area contributed by atoms with Gasteiger partial charge >= 0.3 is 17.6 Å². The molecule has 3 N–H and O–H groups in total. The Bertz CT molecular complexity index is 550. The van der Waals surface area contributed by atoms with Gasteiger partial charge in [-0.05, 0) is 12.1 Å². The lowest BCUT2D eigenvalue weighted by atomic mass is 10.1. The highest BCUT2D eigenvalue weighted by Crippen LogP contribution is 2.30. The van der Waals surface area contributed by atoms with E-state index in [1.807, 2.05) is 0 Å². The quantitative estimate of drug-likeness (QED) is 0.412. The van der Waals surface area contributed by atoms with Gasteiger partial charge < -0.3 is 15.3 Å². The largest absolute Gasteiger partial charge is 0.502 e. The second-order valence-corrected chi connectivity index (χ2v) is 3.49. The Morgan fingerprint density at radius 2 is 1.84 bits per heavy atom. The zero-order chi connectivity index (χ0) is 14.6. The van der Waals surface area contributed by atoms with Gasteiger partial charge in [0.05, 0.1) is 10.5 Å². The molecule has 0 amide bonds. The van der Waals surface area contributed by atoms with Crippen molar-refractivity contribution in [3.63, 3.8) is 0 Å². The number of aromatic hydroxyl groups is 1. The number of para-hydroxylation sites is 1. The molecule has 0 aliphatic heterocycles. The molecule has 0 atom stereocenters. The van der Waals surface area contributed by atoms with E-state index < -0.39 is 34.2 Å². The molecule has 0 aromatic heterocycles. The maximum absolute atomic E-state index is 10.7. The van der Waals surface area contributed by atoms with E-state index in [0.29, 0.717) is 0 Å². The molecule has 100 valence electrons. The minimum Gasteiger partial charge on any atom is -0.502 e. The van der Waals surface area contributed by atoms with Crippen molar-refractivity contribution < 1.29 is 29.8 Å². The first-order chi connectivity index (χ1) is 8.84. The van der Waals surface area contributed by atoms with Crippen LogP contribution in [0.1, 0.15) is 5.56 Å². The fraction of sp³-hybridized carbons (Fsp3) is 0.0909. The first kappa shape index (κ1) is 14.2. The minimum absolute atomic E-state index is 0.0856. The Kier molecular flexibility index (Phi) is 4.19. The molecule has 1 aromatic rings. The lowest BCUT2D eigenvalue weighted by molar-refractivity contribution is -0.386. The van der Waals surface area contributed by atoms with Gasteiger partial charge in [0.2, 0.25) is 0 Å². The fourth-order valence-corrected chi connectivity index (χ4v) is 1.35. The number of carbonyl (C=O) groups is 2. The molecule has 0 fully saturated rings. The summed E-state index contributed by atoms with van der Waals surface area (Å²) in [4.78, 5) is 31.2. The molecular formula is C11H9NO7. The van der Waals surface area contributed by atoms with E-state index in [0.717, 1.165) is 18.2 Å². The van der Waals surface area contributed by atoms with Crippen LogP contribution in [0.3, 0.4) is 0 Å². The summed E-state index contributed by atoms with van der Waals surface area (Å²) in [6, 6.07) is 3.68. The number of hydrogen-bond donors (Lipinski definition) is 3. The van der Waals surface area contributed by atoms with Crippen LogP contribution in [0.25, 0.3) is 6.08 Å². The number of nitro groups is 1. The van der Waals surface area contributed by atoms with Crippen molar-refractivity contribution in [2.24, 2.45) is 5.92 Å². The van der Waals surface area contributed by atoms with Crippen molar-refractivity contribution in [3.05, 3.63) is 40.0 Å². The van der Waals surface area contributed by atoms with Gasteiger partial charge in [0.15, 0.2) is 11.7 Å². The number of hydrogen-bond acceptors (Lipinski definition) is 5. The molecule has 0 spiro atoms. The molecule has 8 heteroatoms. The SMILES string of the molecule is O=C(O)C(C=Cc1cccc(O)c1[N+](=O)[O-])C(=O)O. The van der Waals surface area contributed by atoms with Gasteiger partial charge in [0.25, 0.3) is 0 Å². The summed E-state index contributed by atoms with van der Waals surface area (Å²) >= 11 is 0. The second-order valence-electron chi connectivity index (χ2n) is 3.49. The van der Waals surface area contributed by atoms with Crippen LogP contribution in [-0.4, -0.2) is 32.2 Å². The van der Waals surface area contributed by atoms with Crippen LogP contribution in [0, 0.1) is 16.0 Å². The maximum atomic E-state index is 10.7. The van der Waals surface area contributed by atoms with E-state index in [1.54, 1.807) is 0 Å². The summed E-state index contributed by atoms with van der Waals surface area (Å²) in [5, 5.41) is 37.4. The molecule has 1 aromatic carbocycles. The van der Waals surface area contributed by atoms with Crippen molar-refractivity contribution in [1.82, 2.24) is 0 Å². The monoisotopic (exact) mass is 267 g/mol. The average molecular weight is 267 g/mol. The van der Waals surface area contributed by atoms with E-state index in [1.165, 1.54) is 12.1 Å². The highest BCUT2D eigenvalue weighted by molar-refractivity contribution is 5.96. The maximum Gasteiger partial charge on any atom is 0.321 e. The first-order valence-electron chi connectivity index (χ1n) is 4.94. The summed E-state index contributed by atoms with van der Waals surface area (Å²) in [7, 11) is 0. The van der Waals surface area contributed by atoms with Crippen LogP contribution in [0.5, 0.6) is 5.75 Å². The van der Waals surface area contributed by atoms with Gasteiger partial charge in [-0.1, -0.05) is 18.2 Å². The predicted octanol–water partition coefficient (Wildman–Crippen LogP) is 1.10. The third-order valence-corrected chi connectivity index (χ3v) is 2.23. The Hall–Kier alpha value is -2.90. The van der Waals surface area contributed by atoms with Crippen LogP contribution >= 0.6 is 0 Å². The lowest BCUT2D eigenvalue weighted by Gasteiger charge is -2.02. The Morgan fingerprint density at radius 1 is 1.26 bits per heavy atom. The molecule has 0 aliphatic rings. The molecule has 1 rings (SSSR count). The smallest absolute Gasteiger partial charge is 0.321 e. The van der Waals surface area contributed by atoms with E-state index in [9.17, 15) is 24.8 Å². The van der Waals surface area contributed by atoms with E-state index in [-0.39, 0.29) is 5.56 Å². The predicted molar refractivity (Wildman–Crippen MR) is 62.6 cm³/mol. The molecule has 19 heavy (non-hydrogen) atoms. The van der Waals surface area contributed by atoms with Gasteiger partial charge in [-0.3, -0.25) is 19.7 Å². The zero-order valence-corrected chi connectivity index (χ0v) is 9.39. The van der Waals surface area contributed by atoms with E-state index in [2.05, 4.69) is 0 Å². The fourth-order valence-electron chi connectivity index (χ4n) is 1.35. The van der Waals surface area contributed by atoms with Crippen molar-refractivity contribution in [2.75, 3.05) is 0 Å². The van der Waals surface area contributed by atoms with Crippen LogP contribution in [0.15, 0.2) is 24.3 Å². The molecule has 0 saturated heterocycles. The molecule has 0 heterocycles. The molecule has 0 unspecified atom stereocenters. The standard InChI is InChI=1S/C11H9NO7/c13-8-3-1-2-6(9(8)12(18)19)4-5-7(10(14)15)11(16)17/h1-5,7,13H,(H,14,15)(H,16,17). The molecule has 0 bridgehead atoms. The summed E-state index contributed by atoms with van der Waals surface area (Å²) < 4.78 is 0. The zero-order valence-electron chi connectivity index (χ0n) is 9.39. The van der Waals surface area contributed by atoms with E-state index >= 15 is 0 Å². The number of phenols is 1. The molecule has 0 radical (unpaired) electrons. The van der Waals surface area contributed by atoms with Gasteiger partial charge in [0.1, 0.15) is 0 Å². The summed E-state index contributed by atoms with van der Waals surface area (Å²) in [5.74, 6) is -5.59. The molecular weight excluding hydrogens is 258 g/mol. The minimum atomic E-state index is -1.82. The number of phenolic OH excluding ortho intramolecular Hbond substituents is 1. The van der Waals surface area contributed by atoms with Gasteiger partial charge in [-0.2, -0.15) is 0 Å². The first-order valence-corrected chi connectivity index (χ1v) is 4.94. The highest BCUT2D eigenvalue weighted by Gasteiger charge is 2.23. The second kappa shape index (κ2) is 5.63. The Balaban J connectivity index is 3.19. The number of rotatable bonds is 5. The van der Waals surface area contributed by atoms with Gasteiger partial charge in [-0.25, -0.2) is 0 Å². The number of nitro benzene ring substituents is 1. The van der Waals surface area contributed by atoms with Crippen molar-refractivity contribution >= 4 is 23.7 Å². The van der Waals surface area contributed by atoms with Gasteiger partial charge in [0, 0.05) is 0 Å². The van der Waals surface area contributed by atoms with Gasteiger partial charge in [-0.15, -0.1) is 0 Å². The summed E-state index contributed by atoms with van der Waals surface area (Å²) in [5.41, 5.74) is -0.703. The Labute approximate surface area is 106 Å². The molecule has 0 aliphatic carbocycles. The normalized spacial score (nSPS) is 10.8. The third kappa shape index (κ3) is 3.28. The van der Waals surface area contributed by atoms with E-state index in [4.69, 9.17) is 10.2 Å². The average Bonchev–Trinajstić information content (AvgIpc) is 2.27. The van der Waals surface area contributed by atoms with Crippen molar-refractivity contribution in [2.45, 2.75) is 0 Å². The third-order valence-electron chi connectivity index (χ3n) is 2.23. The van der Waals surface area contributed by atoms with Crippen LogP contribution in [0.4, 0.5) is 5.69 Å². The highest BCUT2D eigenvalue weighted by atomic mass is 16.6. The number of benzene rings is 1. The lowest BCUT2D eigenvalue weighted by Crippen LogP contribution is -2.20. The number of carboxylic acids is 2. The number of nitrogens with zero attached hydrogens (tertiary/aromatic N) is 1. The van der Waals surface area contributed by atoms with Crippen LogP contribution in [0.2, 0.25) is 0 Å². The summed E-state index contributed by atoms with van der Waals surface area (Å²) in [6.45, 7) is 0. The van der Waals surface area contributed by atoms with Crippen molar-refractivity contribution in [1.29, 1.82) is 0 Å². The number of aliphatic carboxylic acids is 2. The van der Waals surface area contributed by atoms with Crippen LogP contribution < -0.4 is 0 Å². The van der Waals surface area contributed by atoms with Crippen molar-refractivity contribution in [3.8, 4) is 5.75 Å². The topological polar surface area (TPSA) is 138 Å². The molecule has 0 saturated carbocycles. The van der Waals surface area contributed by atoms with Crippen LogP contribution in [-0.2, 0) is 9.59 Å². The Morgan fingerprint density at radius 3 is 2.32 bits per heavy atom. The number of carboxylic acid groups (broad SMARTS) is 2. The molecule has 8 nitrogen and oxygen atoms in total.